The zero-order valence-electron chi connectivity index (χ0n) is 8.06. The second-order valence-electron chi connectivity index (χ2n) is 2.86. The van der Waals surface area contributed by atoms with Crippen molar-refractivity contribution in [2.75, 3.05) is 19.8 Å². The SMILES string of the molecule is CCOC(=O)C(N=O)C1=CCOCC1. The first-order valence-electron chi connectivity index (χ1n) is 4.55. The number of ether oxygens (including phenoxy) is 2. The van der Waals surface area contributed by atoms with Crippen LogP contribution in [-0.4, -0.2) is 31.8 Å². The van der Waals surface area contributed by atoms with E-state index in [4.69, 9.17) is 9.47 Å². The molecule has 0 spiro atoms. The molecule has 0 aliphatic carbocycles. The van der Waals surface area contributed by atoms with Gasteiger partial charge in [-0.15, -0.1) is 4.91 Å². The molecule has 0 fully saturated rings. The van der Waals surface area contributed by atoms with Crippen LogP contribution in [0.1, 0.15) is 13.3 Å². The first-order chi connectivity index (χ1) is 6.79. The Kier molecular flexibility index (Phi) is 4.25. The molecule has 0 aromatic carbocycles. The van der Waals surface area contributed by atoms with Gasteiger partial charge in [-0.1, -0.05) is 6.08 Å². The van der Waals surface area contributed by atoms with Crippen molar-refractivity contribution < 1.29 is 14.3 Å². The molecule has 1 aliphatic heterocycles. The van der Waals surface area contributed by atoms with Crippen LogP contribution in [0.3, 0.4) is 0 Å². The van der Waals surface area contributed by atoms with Gasteiger partial charge >= 0.3 is 5.97 Å². The lowest BCUT2D eigenvalue weighted by Gasteiger charge is -2.16. The zero-order valence-corrected chi connectivity index (χ0v) is 8.06. The average molecular weight is 199 g/mol. The van der Waals surface area contributed by atoms with Crippen molar-refractivity contribution in [2.45, 2.75) is 19.4 Å². The molecule has 1 aliphatic rings. The highest BCUT2D eigenvalue weighted by Gasteiger charge is 2.25. The van der Waals surface area contributed by atoms with Crippen molar-refractivity contribution in [3.8, 4) is 0 Å². The van der Waals surface area contributed by atoms with Crippen molar-refractivity contribution in [2.24, 2.45) is 5.18 Å². The fraction of sp³-hybridized carbons (Fsp3) is 0.667. The molecule has 1 rings (SSSR count). The summed E-state index contributed by atoms with van der Waals surface area (Å²) in [5, 5.41) is 2.78. The highest BCUT2D eigenvalue weighted by molar-refractivity contribution is 5.79. The Labute approximate surface area is 82.0 Å². The molecule has 1 heterocycles. The second kappa shape index (κ2) is 5.49. The number of hydrogen-bond acceptors (Lipinski definition) is 5. The molecule has 0 aromatic rings. The molecular formula is C9H13NO4. The Bertz CT molecular complexity index is 249. The van der Waals surface area contributed by atoms with Gasteiger partial charge in [0.15, 0.2) is 0 Å². The van der Waals surface area contributed by atoms with Crippen LogP contribution in [-0.2, 0) is 14.3 Å². The zero-order chi connectivity index (χ0) is 10.4. The summed E-state index contributed by atoms with van der Waals surface area (Å²) in [7, 11) is 0. The van der Waals surface area contributed by atoms with Crippen LogP contribution >= 0.6 is 0 Å². The van der Waals surface area contributed by atoms with Gasteiger partial charge in [-0.2, -0.15) is 0 Å². The van der Waals surface area contributed by atoms with Crippen LogP contribution < -0.4 is 0 Å². The number of esters is 1. The average Bonchev–Trinajstić information content (AvgIpc) is 2.21. The molecule has 0 bridgehead atoms. The van der Waals surface area contributed by atoms with Crippen LogP contribution in [0, 0.1) is 4.91 Å². The molecule has 0 radical (unpaired) electrons. The summed E-state index contributed by atoms with van der Waals surface area (Å²) in [6.45, 7) is 2.91. The van der Waals surface area contributed by atoms with Crippen molar-refractivity contribution in [1.82, 2.24) is 0 Å². The summed E-state index contributed by atoms with van der Waals surface area (Å²) in [5.41, 5.74) is 0.699. The molecule has 78 valence electrons. The first kappa shape index (κ1) is 10.8. The summed E-state index contributed by atoms with van der Waals surface area (Å²) in [6.07, 6.45) is 2.28. The molecule has 5 heteroatoms. The highest BCUT2D eigenvalue weighted by Crippen LogP contribution is 2.16. The monoisotopic (exact) mass is 199 g/mol. The van der Waals surface area contributed by atoms with Gasteiger partial charge in [0.05, 0.1) is 19.8 Å². The third kappa shape index (κ3) is 2.63. The van der Waals surface area contributed by atoms with Gasteiger partial charge in [0, 0.05) is 0 Å². The number of carbonyl (C=O) groups excluding carboxylic acids is 1. The van der Waals surface area contributed by atoms with Crippen LogP contribution in [0.15, 0.2) is 16.8 Å². The summed E-state index contributed by atoms with van der Waals surface area (Å²) in [5.74, 6) is -0.573. The lowest BCUT2D eigenvalue weighted by Crippen LogP contribution is -2.26. The van der Waals surface area contributed by atoms with Gasteiger partial charge in [-0.3, -0.25) is 0 Å². The maximum Gasteiger partial charge on any atom is 0.338 e. The van der Waals surface area contributed by atoms with Crippen LogP contribution in [0.25, 0.3) is 0 Å². The summed E-state index contributed by atoms with van der Waals surface area (Å²) in [6, 6.07) is -0.987. The third-order valence-electron chi connectivity index (χ3n) is 1.96. The fourth-order valence-corrected chi connectivity index (χ4v) is 1.27. The lowest BCUT2D eigenvalue weighted by atomic mass is 10.0. The largest absolute Gasteiger partial charge is 0.464 e. The molecule has 0 amide bonds. The van der Waals surface area contributed by atoms with E-state index in [1.54, 1.807) is 13.0 Å². The number of hydrogen-bond donors (Lipinski definition) is 0. The summed E-state index contributed by atoms with van der Waals surface area (Å²) < 4.78 is 9.80. The standard InChI is InChI=1S/C9H13NO4/c1-2-14-9(11)8(10-12)7-3-5-13-6-4-7/h3,8H,2,4-6H2,1H3. The van der Waals surface area contributed by atoms with Crippen LogP contribution in [0.4, 0.5) is 0 Å². The van der Waals surface area contributed by atoms with E-state index in [-0.39, 0.29) is 6.61 Å². The van der Waals surface area contributed by atoms with Crippen LogP contribution in [0.2, 0.25) is 0 Å². The molecule has 1 unspecified atom stereocenters. The Morgan fingerprint density at radius 1 is 1.79 bits per heavy atom. The van der Waals surface area contributed by atoms with E-state index < -0.39 is 12.0 Å². The van der Waals surface area contributed by atoms with Crippen LogP contribution in [0.5, 0.6) is 0 Å². The predicted molar refractivity (Wildman–Crippen MR) is 49.7 cm³/mol. The normalized spacial score (nSPS) is 18.2. The molecule has 0 aromatic heterocycles. The van der Waals surface area contributed by atoms with Crippen molar-refractivity contribution >= 4 is 5.97 Å². The Balaban J connectivity index is 2.64. The summed E-state index contributed by atoms with van der Waals surface area (Å²) >= 11 is 0. The Morgan fingerprint density at radius 3 is 3.07 bits per heavy atom. The number of nitrogens with zero attached hydrogens (tertiary/aromatic N) is 1. The van der Waals surface area contributed by atoms with E-state index in [0.29, 0.717) is 25.2 Å². The Morgan fingerprint density at radius 2 is 2.57 bits per heavy atom. The highest BCUT2D eigenvalue weighted by atomic mass is 16.5. The smallest absolute Gasteiger partial charge is 0.338 e. The topological polar surface area (TPSA) is 65.0 Å². The van der Waals surface area contributed by atoms with E-state index >= 15 is 0 Å². The summed E-state index contributed by atoms with van der Waals surface area (Å²) in [4.78, 5) is 21.8. The number of rotatable bonds is 4. The van der Waals surface area contributed by atoms with Crippen molar-refractivity contribution in [3.05, 3.63) is 16.6 Å². The quantitative estimate of drug-likeness (QED) is 0.385. The van der Waals surface area contributed by atoms with E-state index in [1.165, 1.54) is 0 Å². The van der Waals surface area contributed by atoms with Crippen molar-refractivity contribution in [3.63, 3.8) is 0 Å². The number of carbonyl (C=O) groups is 1. The minimum Gasteiger partial charge on any atom is -0.464 e. The van der Waals surface area contributed by atoms with E-state index in [9.17, 15) is 9.70 Å². The van der Waals surface area contributed by atoms with Crippen molar-refractivity contribution in [1.29, 1.82) is 0 Å². The Hall–Kier alpha value is -1.23. The van der Waals surface area contributed by atoms with E-state index in [2.05, 4.69) is 5.18 Å². The van der Waals surface area contributed by atoms with E-state index in [1.807, 2.05) is 0 Å². The predicted octanol–water partition coefficient (Wildman–Crippen LogP) is 1.03. The third-order valence-corrected chi connectivity index (χ3v) is 1.96. The molecule has 5 nitrogen and oxygen atoms in total. The molecule has 0 N–H and O–H groups in total. The van der Waals surface area contributed by atoms with Gasteiger partial charge < -0.3 is 9.47 Å². The van der Waals surface area contributed by atoms with Gasteiger partial charge in [-0.25, -0.2) is 4.79 Å². The van der Waals surface area contributed by atoms with Gasteiger partial charge in [0.1, 0.15) is 0 Å². The molecule has 1 atom stereocenters. The van der Waals surface area contributed by atoms with Gasteiger partial charge in [0.2, 0.25) is 6.04 Å². The molecule has 0 saturated carbocycles. The molecule has 0 saturated heterocycles. The number of nitroso groups, excluding NO2 is 1. The van der Waals surface area contributed by atoms with Gasteiger partial charge in [-0.05, 0) is 24.1 Å². The maximum atomic E-state index is 11.3. The van der Waals surface area contributed by atoms with E-state index in [0.717, 1.165) is 0 Å². The first-order valence-corrected chi connectivity index (χ1v) is 4.55. The lowest BCUT2D eigenvalue weighted by molar-refractivity contribution is -0.143. The maximum absolute atomic E-state index is 11.3. The fourth-order valence-electron chi connectivity index (χ4n) is 1.27. The second-order valence-corrected chi connectivity index (χ2v) is 2.86. The van der Waals surface area contributed by atoms with Gasteiger partial charge in [0.25, 0.3) is 0 Å². The molecule has 14 heavy (non-hydrogen) atoms. The minimum absolute atomic E-state index is 0.259. The molecular weight excluding hydrogens is 186 g/mol. The minimum atomic E-state index is -0.987.